The lowest BCUT2D eigenvalue weighted by atomic mass is 10.2. The molecule has 0 aliphatic carbocycles. The predicted octanol–water partition coefficient (Wildman–Crippen LogP) is 3.01. The highest BCUT2D eigenvalue weighted by atomic mass is 79.9. The SMILES string of the molecule is O=C(CC(F)(F)F)NCCCCCCBr. The summed E-state index contributed by atoms with van der Waals surface area (Å²) in [5.41, 5.74) is 0. The van der Waals surface area contributed by atoms with E-state index in [0.717, 1.165) is 31.0 Å². The molecule has 0 aromatic rings. The van der Waals surface area contributed by atoms with E-state index in [1.54, 1.807) is 0 Å². The third kappa shape index (κ3) is 11.7. The largest absolute Gasteiger partial charge is 0.397 e. The van der Waals surface area contributed by atoms with E-state index in [2.05, 4.69) is 21.2 Å². The molecule has 0 aliphatic rings. The Bertz CT molecular complexity index is 185. The van der Waals surface area contributed by atoms with E-state index in [1.165, 1.54) is 0 Å². The maximum atomic E-state index is 11.7. The van der Waals surface area contributed by atoms with Gasteiger partial charge >= 0.3 is 6.18 Å². The van der Waals surface area contributed by atoms with Crippen molar-refractivity contribution < 1.29 is 18.0 Å². The van der Waals surface area contributed by atoms with Gasteiger partial charge in [-0.2, -0.15) is 13.2 Å². The molecule has 0 aromatic carbocycles. The molecular formula is C9H15BrF3NO. The van der Waals surface area contributed by atoms with Crippen LogP contribution in [0.4, 0.5) is 13.2 Å². The fourth-order valence-corrected chi connectivity index (χ4v) is 1.44. The van der Waals surface area contributed by atoms with Crippen LogP contribution >= 0.6 is 15.9 Å². The highest BCUT2D eigenvalue weighted by Gasteiger charge is 2.30. The highest BCUT2D eigenvalue weighted by Crippen LogP contribution is 2.18. The van der Waals surface area contributed by atoms with E-state index in [1.807, 2.05) is 0 Å². The molecule has 0 radical (unpaired) electrons. The lowest BCUT2D eigenvalue weighted by Crippen LogP contribution is -2.29. The highest BCUT2D eigenvalue weighted by molar-refractivity contribution is 9.09. The first kappa shape index (κ1) is 14.7. The Morgan fingerprint density at radius 3 is 2.27 bits per heavy atom. The van der Waals surface area contributed by atoms with Gasteiger partial charge in [-0.3, -0.25) is 4.79 Å². The third-order valence-electron chi connectivity index (χ3n) is 1.74. The summed E-state index contributed by atoms with van der Waals surface area (Å²) in [7, 11) is 0. The molecule has 0 fully saturated rings. The molecule has 0 unspecified atom stereocenters. The van der Waals surface area contributed by atoms with Crippen LogP contribution in [0, 0.1) is 0 Å². The zero-order valence-corrected chi connectivity index (χ0v) is 9.96. The predicted molar refractivity (Wildman–Crippen MR) is 55.9 cm³/mol. The summed E-state index contributed by atoms with van der Waals surface area (Å²) in [5, 5.41) is 3.18. The number of amides is 1. The van der Waals surface area contributed by atoms with Crippen molar-refractivity contribution in [2.45, 2.75) is 38.3 Å². The van der Waals surface area contributed by atoms with Crippen molar-refractivity contribution in [2.24, 2.45) is 0 Å². The summed E-state index contributed by atoms with van der Waals surface area (Å²) in [6, 6.07) is 0. The summed E-state index contributed by atoms with van der Waals surface area (Å²) in [6.07, 6.45) is -2.04. The number of rotatable bonds is 7. The van der Waals surface area contributed by atoms with Crippen molar-refractivity contribution >= 4 is 21.8 Å². The van der Waals surface area contributed by atoms with Crippen LogP contribution in [0.2, 0.25) is 0 Å². The smallest absolute Gasteiger partial charge is 0.356 e. The number of carbonyl (C=O) groups is 1. The fraction of sp³-hybridized carbons (Fsp3) is 0.889. The maximum absolute atomic E-state index is 11.7. The number of hydrogen-bond acceptors (Lipinski definition) is 1. The molecule has 0 rings (SSSR count). The summed E-state index contributed by atoms with van der Waals surface area (Å²) in [6.45, 7) is 0.331. The Balaban J connectivity index is 3.32. The minimum absolute atomic E-state index is 0.331. The van der Waals surface area contributed by atoms with Crippen LogP contribution in [-0.4, -0.2) is 24.0 Å². The number of carbonyl (C=O) groups excluding carboxylic acids is 1. The van der Waals surface area contributed by atoms with Crippen LogP contribution in [0.1, 0.15) is 32.1 Å². The van der Waals surface area contributed by atoms with Crippen LogP contribution < -0.4 is 5.32 Å². The normalized spacial score (nSPS) is 11.5. The summed E-state index contributed by atoms with van der Waals surface area (Å²) < 4.78 is 35.1. The number of alkyl halides is 4. The van der Waals surface area contributed by atoms with Gasteiger partial charge in [0.2, 0.25) is 5.91 Å². The van der Waals surface area contributed by atoms with Gasteiger partial charge in [0.1, 0.15) is 6.42 Å². The van der Waals surface area contributed by atoms with E-state index in [9.17, 15) is 18.0 Å². The monoisotopic (exact) mass is 289 g/mol. The molecule has 0 aromatic heterocycles. The van der Waals surface area contributed by atoms with E-state index in [0.29, 0.717) is 6.54 Å². The standard InChI is InChI=1S/C9H15BrF3NO/c10-5-3-1-2-4-6-14-8(15)7-9(11,12)13/h1-7H2,(H,14,15). The summed E-state index contributed by atoms with van der Waals surface area (Å²) in [5.74, 6) is -0.942. The van der Waals surface area contributed by atoms with Crippen molar-refractivity contribution in [1.82, 2.24) is 5.32 Å². The van der Waals surface area contributed by atoms with Crippen LogP contribution in [0.15, 0.2) is 0 Å². The van der Waals surface area contributed by atoms with Crippen molar-refractivity contribution in [2.75, 3.05) is 11.9 Å². The van der Waals surface area contributed by atoms with E-state index in [4.69, 9.17) is 0 Å². The molecule has 0 saturated heterocycles. The fourth-order valence-electron chi connectivity index (χ4n) is 1.05. The van der Waals surface area contributed by atoms with Gasteiger partial charge in [0, 0.05) is 11.9 Å². The van der Waals surface area contributed by atoms with Gasteiger partial charge in [-0.1, -0.05) is 28.8 Å². The van der Waals surface area contributed by atoms with Crippen LogP contribution in [0.5, 0.6) is 0 Å². The minimum atomic E-state index is -4.40. The number of nitrogens with one attached hydrogen (secondary N) is 1. The first-order valence-electron chi connectivity index (χ1n) is 4.85. The Morgan fingerprint density at radius 2 is 1.73 bits per heavy atom. The summed E-state index contributed by atoms with van der Waals surface area (Å²) in [4.78, 5) is 10.7. The lowest BCUT2D eigenvalue weighted by molar-refractivity contribution is -0.153. The maximum Gasteiger partial charge on any atom is 0.397 e. The van der Waals surface area contributed by atoms with Crippen LogP contribution in [-0.2, 0) is 4.79 Å². The molecule has 0 heterocycles. The third-order valence-corrected chi connectivity index (χ3v) is 2.30. The van der Waals surface area contributed by atoms with Crippen molar-refractivity contribution in [3.8, 4) is 0 Å². The molecule has 0 saturated carbocycles. The molecule has 1 N–H and O–H groups in total. The van der Waals surface area contributed by atoms with E-state index in [-0.39, 0.29) is 0 Å². The first-order valence-corrected chi connectivity index (χ1v) is 5.97. The Hall–Kier alpha value is -0.260. The van der Waals surface area contributed by atoms with E-state index < -0.39 is 18.5 Å². The Kier molecular flexibility index (Phi) is 7.82. The summed E-state index contributed by atoms with van der Waals surface area (Å²) >= 11 is 3.28. The minimum Gasteiger partial charge on any atom is -0.356 e. The van der Waals surface area contributed by atoms with Crippen molar-refractivity contribution in [3.63, 3.8) is 0 Å². The van der Waals surface area contributed by atoms with Crippen LogP contribution in [0.25, 0.3) is 0 Å². The van der Waals surface area contributed by atoms with Crippen molar-refractivity contribution in [3.05, 3.63) is 0 Å². The topological polar surface area (TPSA) is 29.1 Å². The molecular weight excluding hydrogens is 275 g/mol. The Labute approximate surface area is 95.7 Å². The zero-order chi connectivity index (χ0) is 11.7. The molecule has 0 aliphatic heterocycles. The molecule has 0 atom stereocenters. The molecule has 1 amide bonds. The average Bonchev–Trinajstić information content (AvgIpc) is 2.08. The van der Waals surface area contributed by atoms with Gasteiger partial charge in [0.25, 0.3) is 0 Å². The van der Waals surface area contributed by atoms with Crippen LogP contribution in [0.3, 0.4) is 0 Å². The van der Waals surface area contributed by atoms with Gasteiger partial charge in [0.15, 0.2) is 0 Å². The lowest BCUT2D eigenvalue weighted by Gasteiger charge is -2.07. The van der Waals surface area contributed by atoms with E-state index >= 15 is 0 Å². The average molecular weight is 290 g/mol. The van der Waals surface area contributed by atoms with Gasteiger partial charge in [-0.05, 0) is 12.8 Å². The van der Waals surface area contributed by atoms with Gasteiger partial charge in [-0.25, -0.2) is 0 Å². The number of halogens is 4. The molecule has 6 heteroatoms. The Morgan fingerprint density at radius 1 is 1.13 bits per heavy atom. The van der Waals surface area contributed by atoms with Crippen molar-refractivity contribution in [1.29, 1.82) is 0 Å². The van der Waals surface area contributed by atoms with Gasteiger partial charge < -0.3 is 5.32 Å². The second-order valence-electron chi connectivity index (χ2n) is 3.25. The molecule has 2 nitrogen and oxygen atoms in total. The number of unbranched alkanes of at least 4 members (excludes halogenated alkanes) is 3. The molecule has 0 spiro atoms. The molecule has 90 valence electrons. The second kappa shape index (κ2) is 7.96. The zero-order valence-electron chi connectivity index (χ0n) is 8.37. The second-order valence-corrected chi connectivity index (χ2v) is 4.04. The molecule has 15 heavy (non-hydrogen) atoms. The quantitative estimate of drug-likeness (QED) is 0.567. The molecule has 0 bridgehead atoms. The first-order chi connectivity index (χ1) is 6.95. The van der Waals surface area contributed by atoms with Gasteiger partial charge in [-0.15, -0.1) is 0 Å². The van der Waals surface area contributed by atoms with Gasteiger partial charge in [0.05, 0.1) is 0 Å². The number of hydrogen-bond donors (Lipinski definition) is 1.